The predicted octanol–water partition coefficient (Wildman–Crippen LogP) is 3.72. The first-order valence-corrected chi connectivity index (χ1v) is 10.1. The van der Waals surface area contributed by atoms with Gasteiger partial charge in [0.1, 0.15) is 11.0 Å². The van der Waals surface area contributed by atoms with Crippen molar-refractivity contribution in [3.8, 4) is 11.5 Å². The highest BCUT2D eigenvalue weighted by Crippen LogP contribution is 2.32. The first-order valence-electron chi connectivity index (χ1n) is 9.33. The number of fused-ring (bicyclic) bond motifs is 1. The molecule has 0 saturated carbocycles. The van der Waals surface area contributed by atoms with Gasteiger partial charge in [0, 0.05) is 25.2 Å². The normalized spacial score (nSPS) is 18.1. The zero-order valence-electron chi connectivity index (χ0n) is 15.6. The highest BCUT2D eigenvalue weighted by atomic mass is 35.5. The van der Waals surface area contributed by atoms with Gasteiger partial charge in [-0.1, -0.05) is 17.7 Å². The quantitative estimate of drug-likeness (QED) is 0.573. The number of nitrogens with zero attached hydrogens (tertiary/aromatic N) is 3. The zero-order chi connectivity index (χ0) is 19.5. The fourth-order valence-corrected chi connectivity index (χ4v) is 3.77. The lowest BCUT2D eigenvalue weighted by molar-refractivity contribution is 0.174. The number of thiocarbonyl (C=S) groups is 1. The SMILES string of the molecule is C[C@@H]1CCCCN1c1cc(Cl)nc(NC(=S)NCc2ccc3c(c2)OCO3)n1. The van der Waals surface area contributed by atoms with Crippen LogP contribution in [0.3, 0.4) is 0 Å². The van der Waals surface area contributed by atoms with Gasteiger partial charge in [-0.2, -0.15) is 4.98 Å². The van der Waals surface area contributed by atoms with Crippen LogP contribution >= 0.6 is 23.8 Å². The molecule has 2 aliphatic heterocycles. The Balaban J connectivity index is 1.38. The van der Waals surface area contributed by atoms with Crippen molar-refractivity contribution in [3.63, 3.8) is 0 Å². The molecule has 0 aliphatic carbocycles. The number of piperidine rings is 1. The summed E-state index contributed by atoms with van der Waals surface area (Å²) in [5.41, 5.74) is 1.03. The van der Waals surface area contributed by atoms with Gasteiger partial charge < -0.3 is 25.0 Å². The molecular weight excluding hydrogens is 398 g/mol. The molecule has 1 atom stereocenters. The van der Waals surface area contributed by atoms with E-state index in [2.05, 4.69) is 32.4 Å². The van der Waals surface area contributed by atoms with Crippen LogP contribution in [0.15, 0.2) is 24.3 Å². The molecule has 3 heterocycles. The summed E-state index contributed by atoms with van der Waals surface area (Å²) < 4.78 is 10.7. The summed E-state index contributed by atoms with van der Waals surface area (Å²) in [5, 5.41) is 7.00. The Morgan fingerprint density at radius 2 is 2.11 bits per heavy atom. The maximum Gasteiger partial charge on any atom is 0.232 e. The molecule has 7 nitrogen and oxygen atoms in total. The molecule has 1 aromatic heterocycles. The van der Waals surface area contributed by atoms with Crippen LogP contribution < -0.4 is 25.0 Å². The number of benzene rings is 1. The average molecular weight is 420 g/mol. The summed E-state index contributed by atoms with van der Waals surface area (Å²) in [6.45, 7) is 3.98. The summed E-state index contributed by atoms with van der Waals surface area (Å²) in [6.07, 6.45) is 3.56. The smallest absolute Gasteiger partial charge is 0.232 e. The van der Waals surface area contributed by atoms with E-state index in [9.17, 15) is 0 Å². The van der Waals surface area contributed by atoms with Gasteiger partial charge in [0.25, 0.3) is 0 Å². The Hall–Kier alpha value is -2.32. The van der Waals surface area contributed by atoms with Crippen LogP contribution in [0.2, 0.25) is 5.15 Å². The molecule has 148 valence electrons. The second kappa shape index (κ2) is 8.36. The number of ether oxygens (including phenoxy) is 2. The van der Waals surface area contributed by atoms with Gasteiger partial charge in [0.15, 0.2) is 16.6 Å². The number of anilines is 2. The van der Waals surface area contributed by atoms with Crippen LogP contribution in [0.4, 0.5) is 11.8 Å². The zero-order valence-corrected chi connectivity index (χ0v) is 17.1. The van der Waals surface area contributed by atoms with Gasteiger partial charge in [-0.05, 0) is 56.1 Å². The summed E-state index contributed by atoms with van der Waals surface area (Å²) in [7, 11) is 0. The topological polar surface area (TPSA) is 71.5 Å². The highest BCUT2D eigenvalue weighted by Gasteiger charge is 2.21. The van der Waals surface area contributed by atoms with E-state index in [0.29, 0.717) is 28.8 Å². The van der Waals surface area contributed by atoms with Crippen molar-refractivity contribution in [1.29, 1.82) is 0 Å². The first-order chi connectivity index (χ1) is 13.6. The van der Waals surface area contributed by atoms with Crippen molar-refractivity contribution >= 4 is 40.7 Å². The Kier molecular flexibility index (Phi) is 5.68. The van der Waals surface area contributed by atoms with Crippen molar-refractivity contribution in [1.82, 2.24) is 15.3 Å². The number of hydrogen-bond acceptors (Lipinski definition) is 6. The second-order valence-electron chi connectivity index (χ2n) is 6.91. The number of rotatable bonds is 4. The van der Waals surface area contributed by atoms with E-state index >= 15 is 0 Å². The fourth-order valence-electron chi connectivity index (χ4n) is 3.43. The van der Waals surface area contributed by atoms with Crippen LogP contribution in [0, 0.1) is 0 Å². The summed E-state index contributed by atoms with van der Waals surface area (Å²) in [6, 6.07) is 8.03. The molecule has 9 heteroatoms. The third-order valence-corrected chi connectivity index (χ3v) is 5.33. The fraction of sp³-hybridized carbons (Fsp3) is 0.421. The van der Waals surface area contributed by atoms with Crippen LogP contribution in [0.1, 0.15) is 31.7 Å². The lowest BCUT2D eigenvalue weighted by Gasteiger charge is -2.34. The van der Waals surface area contributed by atoms with E-state index in [0.717, 1.165) is 42.3 Å². The molecule has 2 N–H and O–H groups in total. The molecular formula is C19H22ClN5O2S. The Morgan fingerprint density at radius 3 is 2.96 bits per heavy atom. The molecule has 2 aromatic rings. The van der Waals surface area contributed by atoms with E-state index < -0.39 is 0 Å². The molecule has 0 unspecified atom stereocenters. The molecule has 28 heavy (non-hydrogen) atoms. The van der Waals surface area contributed by atoms with E-state index in [4.69, 9.17) is 33.3 Å². The summed E-state index contributed by atoms with van der Waals surface area (Å²) in [5.74, 6) is 2.73. The average Bonchev–Trinajstić information content (AvgIpc) is 3.14. The minimum atomic E-state index is 0.260. The van der Waals surface area contributed by atoms with E-state index in [1.807, 2.05) is 18.2 Å². The second-order valence-corrected chi connectivity index (χ2v) is 7.70. The molecule has 2 aliphatic rings. The van der Waals surface area contributed by atoms with Crippen molar-refractivity contribution in [2.75, 3.05) is 23.6 Å². The van der Waals surface area contributed by atoms with Crippen molar-refractivity contribution in [2.45, 2.75) is 38.8 Å². The standard InChI is InChI=1S/C19H22ClN5O2S/c1-12-4-2-3-7-25(12)17-9-16(20)22-18(23-17)24-19(28)21-10-13-5-6-14-15(8-13)27-11-26-14/h5-6,8-9,12H,2-4,7,10-11H2,1H3,(H2,21,22,23,24,28)/t12-/m1/s1. The molecule has 0 spiro atoms. The van der Waals surface area contributed by atoms with Gasteiger partial charge in [-0.15, -0.1) is 0 Å². The Labute approximate surface area is 174 Å². The third-order valence-electron chi connectivity index (χ3n) is 4.89. The van der Waals surface area contributed by atoms with Crippen LogP contribution in [-0.4, -0.2) is 34.5 Å². The van der Waals surface area contributed by atoms with E-state index in [1.165, 1.54) is 6.42 Å². The first kappa shape index (κ1) is 19.0. The van der Waals surface area contributed by atoms with Crippen molar-refractivity contribution in [3.05, 3.63) is 35.0 Å². The van der Waals surface area contributed by atoms with E-state index in [-0.39, 0.29) is 6.79 Å². The minimum absolute atomic E-state index is 0.260. The number of halogens is 1. The van der Waals surface area contributed by atoms with Gasteiger partial charge in [0.05, 0.1) is 0 Å². The molecule has 1 saturated heterocycles. The number of nitrogens with one attached hydrogen (secondary N) is 2. The maximum atomic E-state index is 6.22. The minimum Gasteiger partial charge on any atom is -0.454 e. The van der Waals surface area contributed by atoms with Gasteiger partial charge >= 0.3 is 0 Å². The van der Waals surface area contributed by atoms with Crippen molar-refractivity contribution < 1.29 is 9.47 Å². The molecule has 1 fully saturated rings. The number of hydrogen-bond donors (Lipinski definition) is 2. The molecule has 1 aromatic carbocycles. The highest BCUT2D eigenvalue weighted by molar-refractivity contribution is 7.80. The van der Waals surface area contributed by atoms with Gasteiger partial charge in [-0.25, -0.2) is 4.98 Å². The lowest BCUT2D eigenvalue weighted by atomic mass is 10.0. The summed E-state index contributed by atoms with van der Waals surface area (Å²) >= 11 is 11.6. The maximum absolute atomic E-state index is 6.22. The van der Waals surface area contributed by atoms with Crippen molar-refractivity contribution in [2.24, 2.45) is 0 Å². The Bertz CT molecular complexity index is 881. The monoisotopic (exact) mass is 419 g/mol. The predicted molar refractivity (Wildman–Crippen MR) is 113 cm³/mol. The third kappa shape index (κ3) is 4.39. The number of aromatic nitrogens is 2. The van der Waals surface area contributed by atoms with Crippen LogP contribution in [0.5, 0.6) is 11.5 Å². The molecule has 0 radical (unpaired) electrons. The van der Waals surface area contributed by atoms with Crippen LogP contribution in [0.25, 0.3) is 0 Å². The molecule has 4 rings (SSSR count). The van der Waals surface area contributed by atoms with Gasteiger partial charge in [0.2, 0.25) is 12.7 Å². The molecule has 0 amide bonds. The van der Waals surface area contributed by atoms with Crippen LogP contribution in [-0.2, 0) is 6.54 Å². The lowest BCUT2D eigenvalue weighted by Crippen LogP contribution is -2.38. The van der Waals surface area contributed by atoms with Gasteiger partial charge in [-0.3, -0.25) is 0 Å². The summed E-state index contributed by atoms with van der Waals surface area (Å²) in [4.78, 5) is 11.1. The molecule has 0 bridgehead atoms. The Morgan fingerprint density at radius 1 is 1.25 bits per heavy atom. The van der Waals surface area contributed by atoms with E-state index in [1.54, 1.807) is 6.07 Å². The largest absolute Gasteiger partial charge is 0.454 e.